The highest BCUT2D eigenvalue weighted by Crippen LogP contribution is 2.38. The summed E-state index contributed by atoms with van der Waals surface area (Å²) in [5.41, 5.74) is 6.28. The first-order valence-electron chi connectivity index (χ1n) is 8.58. The average Bonchev–Trinajstić information content (AvgIpc) is 2.99. The quantitative estimate of drug-likeness (QED) is 0.518. The third-order valence-electron chi connectivity index (χ3n) is 5.15. The fourth-order valence-electron chi connectivity index (χ4n) is 3.85. The van der Waals surface area contributed by atoms with Crippen LogP contribution in [-0.2, 0) is 12.8 Å². The molecule has 0 saturated heterocycles. The zero-order valence-electron chi connectivity index (χ0n) is 14.1. The molecule has 4 rings (SSSR count). The largest absolute Gasteiger partial charge is 0.508 e. The van der Waals surface area contributed by atoms with E-state index in [0.29, 0.717) is 6.42 Å². The van der Waals surface area contributed by atoms with Gasteiger partial charge in [-0.2, -0.15) is 0 Å². The van der Waals surface area contributed by atoms with E-state index in [9.17, 15) is 10.2 Å². The van der Waals surface area contributed by atoms with Crippen molar-refractivity contribution in [2.24, 2.45) is 0 Å². The molecule has 0 spiro atoms. The first kappa shape index (κ1) is 17.4. The number of phenols is 2. The number of fused-ring (bicyclic) bond motifs is 3. The van der Waals surface area contributed by atoms with Gasteiger partial charge in [-0.15, -0.1) is 0 Å². The van der Waals surface area contributed by atoms with Gasteiger partial charge in [0.05, 0.1) is 11.5 Å². The van der Waals surface area contributed by atoms with Gasteiger partial charge >= 0.3 is 0 Å². The van der Waals surface area contributed by atoms with E-state index in [-0.39, 0.29) is 17.5 Å². The number of H-pyrrole nitrogens is 1. The molecule has 0 saturated carbocycles. The van der Waals surface area contributed by atoms with Gasteiger partial charge in [0, 0.05) is 33.7 Å². The lowest BCUT2D eigenvalue weighted by Crippen LogP contribution is -2.34. The molecule has 2 heterocycles. The SMILES string of the molecule is Oc1ccc(CCC2c3[nH]c4ccc(Br)cc4c3CCN2C=S)c(O)c1. The van der Waals surface area contributed by atoms with Crippen molar-refractivity contribution in [3.63, 3.8) is 0 Å². The van der Waals surface area contributed by atoms with Crippen LogP contribution in [0.2, 0.25) is 0 Å². The molecular weight excluding hydrogens is 412 g/mol. The lowest BCUT2D eigenvalue weighted by molar-refractivity contribution is 0.291. The van der Waals surface area contributed by atoms with Crippen molar-refractivity contribution >= 4 is 44.5 Å². The van der Waals surface area contributed by atoms with Crippen LogP contribution in [0, 0.1) is 0 Å². The number of benzene rings is 2. The van der Waals surface area contributed by atoms with E-state index >= 15 is 0 Å². The first-order valence-corrected chi connectivity index (χ1v) is 9.85. The van der Waals surface area contributed by atoms with E-state index in [2.05, 4.69) is 37.9 Å². The molecule has 3 aromatic rings. The van der Waals surface area contributed by atoms with Gasteiger partial charge in [-0.1, -0.05) is 34.2 Å². The predicted octanol–water partition coefficient (Wildman–Crippen LogP) is 4.83. The summed E-state index contributed by atoms with van der Waals surface area (Å²) in [6.07, 6.45) is 2.49. The monoisotopic (exact) mass is 430 g/mol. The van der Waals surface area contributed by atoms with Crippen molar-refractivity contribution in [2.45, 2.75) is 25.3 Å². The predicted molar refractivity (Wildman–Crippen MR) is 111 cm³/mol. The van der Waals surface area contributed by atoms with Crippen molar-refractivity contribution in [1.82, 2.24) is 9.88 Å². The van der Waals surface area contributed by atoms with Crippen molar-refractivity contribution in [2.75, 3.05) is 6.54 Å². The molecule has 0 amide bonds. The first-order chi connectivity index (χ1) is 12.6. The Morgan fingerprint density at radius 2 is 2.08 bits per heavy atom. The van der Waals surface area contributed by atoms with Crippen LogP contribution >= 0.6 is 28.1 Å². The van der Waals surface area contributed by atoms with Gasteiger partial charge in [-0.3, -0.25) is 0 Å². The smallest absolute Gasteiger partial charge is 0.122 e. The summed E-state index contributed by atoms with van der Waals surface area (Å²) in [7, 11) is 0. The van der Waals surface area contributed by atoms with Crippen LogP contribution in [0.4, 0.5) is 0 Å². The van der Waals surface area contributed by atoms with Crippen molar-refractivity contribution in [1.29, 1.82) is 0 Å². The second-order valence-electron chi connectivity index (χ2n) is 6.67. The van der Waals surface area contributed by atoms with Crippen LogP contribution in [0.15, 0.2) is 40.9 Å². The highest BCUT2D eigenvalue weighted by atomic mass is 79.9. The summed E-state index contributed by atoms with van der Waals surface area (Å²) < 4.78 is 1.08. The molecule has 4 nitrogen and oxygen atoms in total. The molecule has 1 aromatic heterocycles. The summed E-state index contributed by atoms with van der Waals surface area (Å²) in [6.45, 7) is 0.891. The van der Waals surface area contributed by atoms with Gasteiger partial charge in [0.15, 0.2) is 0 Å². The van der Waals surface area contributed by atoms with Gasteiger partial charge in [0.2, 0.25) is 0 Å². The number of hydrogen-bond acceptors (Lipinski definition) is 3. The van der Waals surface area contributed by atoms with E-state index in [0.717, 1.165) is 34.9 Å². The third kappa shape index (κ3) is 3.08. The topological polar surface area (TPSA) is 59.5 Å². The fourth-order valence-corrected chi connectivity index (χ4v) is 4.46. The maximum absolute atomic E-state index is 10.1. The maximum atomic E-state index is 10.1. The normalized spacial score (nSPS) is 16.7. The number of hydrogen-bond donors (Lipinski definition) is 3. The third-order valence-corrected chi connectivity index (χ3v) is 5.91. The molecule has 6 heteroatoms. The van der Waals surface area contributed by atoms with E-state index in [1.807, 2.05) is 6.07 Å². The number of halogens is 1. The van der Waals surface area contributed by atoms with Crippen molar-refractivity contribution < 1.29 is 10.2 Å². The second-order valence-corrected chi connectivity index (χ2v) is 7.79. The standard InChI is InChI=1S/C20H19BrN2O2S/c21-13-3-5-17-16(9-13)15-7-8-23(11-26)18(20(15)22-17)6-2-12-1-4-14(24)10-19(12)25/h1,3-5,9-11,18,22,24-25H,2,6-8H2. The highest BCUT2D eigenvalue weighted by Gasteiger charge is 2.28. The van der Waals surface area contributed by atoms with Crippen LogP contribution in [0.1, 0.15) is 29.3 Å². The number of aromatic nitrogens is 1. The number of nitrogens with one attached hydrogen (secondary N) is 1. The molecule has 2 aromatic carbocycles. The Hall–Kier alpha value is -2.05. The van der Waals surface area contributed by atoms with Gasteiger partial charge in [0.25, 0.3) is 0 Å². The Morgan fingerprint density at radius 1 is 1.23 bits per heavy atom. The van der Waals surface area contributed by atoms with Crippen LogP contribution in [-0.4, -0.2) is 32.1 Å². The maximum Gasteiger partial charge on any atom is 0.122 e. The van der Waals surface area contributed by atoms with Crippen molar-refractivity contribution in [3.8, 4) is 11.5 Å². The summed E-state index contributed by atoms with van der Waals surface area (Å²) >= 11 is 8.82. The molecular formula is C20H19BrN2O2S. The molecule has 1 aliphatic heterocycles. The van der Waals surface area contributed by atoms with Gasteiger partial charge < -0.3 is 20.1 Å². The number of aryl methyl sites for hydroxylation is 1. The van der Waals surface area contributed by atoms with Crippen LogP contribution in [0.3, 0.4) is 0 Å². The number of aromatic hydroxyl groups is 2. The minimum absolute atomic E-state index is 0.0768. The number of thiocarbonyl (C=S) groups is 1. The lowest BCUT2D eigenvalue weighted by Gasteiger charge is -2.34. The Bertz CT molecular complexity index is 985. The van der Waals surface area contributed by atoms with E-state index in [4.69, 9.17) is 12.2 Å². The molecule has 134 valence electrons. The van der Waals surface area contributed by atoms with E-state index in [1.165, 1.54) is 22.7 Å². The number of phenolic OH excluding ortho intramolecular Hbond substituents is 2. The second kappa shape index (κ2) is 6.93. The Labute approximate surface area is 165 Å². The van der Waals surface area contributed by atoms with Gasteiger partial charge in [-0.25, -0.2) is 0 Å². The summed E-state index contributed by atoms with van der Waals surface area (Å²) in [4.78, 5) is 5.78. The van der Waals surface area contributed by atoms with Crippen LogP contribution in [0.5, 0.6) is 11.5 Å². The molecule has 26 heavy (non-hydrogen) atoms. The minimum atomic E-state index is 0.0768. The lowest BCUT2D eigenvalue weighted by atomic mass is 9.93. The van der Waals surface area contributed by atoms with E-state index in [1.54, 1.807) is 17.6 Å². The molecule has 0 radical (unpaired) electrons. The van der Waals surface area contributed by atoms with Gasteiger partial charge in [0.1, 0.15) is 11.5 Å². The number of rotatable bonds is 4. The molecule has 0 fully saturated rings. The molecule has 1 aliphatic rings. The average molecular weight is 431 g/mol. The molecule has 0 aliphatic carbocycles. The molecule has 0 bridgehead atoms. The Balaban J connectivity index is 1.68. The van der Waals surface area contributed by atoms with Crippen LogP contribution in [0.25, 0.3) is 10.9 Å². The Morgan fingerprint density at radius 3 is 2.85 bits per heavy atom. The van der Waals surface area contributed by atoms with Gasteiger partial charge in [-0.05, 0) is 54.7 Å². The Kier molecular flexibility index (Phi) is 4.63. The summed E-state index contributed by atoms with van der Waals surface area (Å²) in [5, 5.41) is 20.8. The van der Waals surface area contributed by atoms with Crippen molar-refractivity contribution in [3.05, 3.63) is 57.7 Å². The zero-order chi connectivity index (χ0) is 18.3. The van der Waals surface area contributed by atoms with E-state index < -0.39 is 0 Å². The summed E-state index contributed by atoms with van der Waals surface area (Å²) in [5.74, 6) is 0.212. The number of nitrogens with zero attached hydrogens (tertiary/aromatic N) is 1. The molecule has 3 N–H and O–H groups in total. The molecule has 1 atom stereocenters. The minimum Gasteiger partial charge on any atom is -0.508 e. The fraction of sp³-hybridized carbons (Fsp3) is 0.250. The van der Waals surface area contributed by atoms with Crippen LogP contribution < -0.4 is 0 Å². The highest BCUT2D eigenvalue weighted by molar-refractivity contribution is 9.10. The summed E-state index contributed by atoms with van der Waals surface area (Å²) in [6, 6.07) is 11.2. The molecule has 1 unspecified atom stereocenters. The zero-order valence-corrected chi connectivity index (χ0v) is 16.5. The number of aromatic amines is 1.